The van der Waals surface area contributed by atoms with Crippen LogP contribution in [0.2, 0.25) is 0 Å². The molecule has 3 N–H and O–H groups in total. The maximum Gasteiger partial charge on any atom is 0.140 e. The van der Waals surface area contributed by atoms with E-state index in [-0.39, 0.29) is 6.10 Å². The van der Waals surface area contributed by atoms with Crippen LogP contribution in [0.15, 0.2) is 24.3 Å². The molecule has 1 aromatic heterocycles. The van der Waals surface area contributed by atoms with Gasteiger partial charge in [0.25, 0.3) is 0 Å². The summed E-state index contributed by atoms with van der Waals surface area (Å²) in [6.45, 7) is 6.77. The maximum atomic E-state index is 10.4. The number of benzene rings is 1. The van der Waals surface area contributed by atoms with Gasteiger partial charge in [0.1, 0.15) is 11.6 Å². The average molecular weight is 342 g/mol. The second kappa shape index (κ2) is 8.11. The minimum absolute atomic E-state index is 0.183. The van der Waals surface area contributed by atoms with Crippen molar-refractivity contribution in [3.05, 3.63) is 30.1 Å². The summed E-state index contributed by atoms with van der Waals surface area (Å²) in [5, 5.41) is 11.5. The van der Waals surface area contributed by atoms with Crippen LogP contribution in [0.3, 0.4) is 0 Å². The second-order valence-electron chi connectivity index (χ2n) is 7.54. The quantitative estimate of drug-likeness (QED) is 0.844. The summed E-state index contributed by atoms with van der Waals surface area (Å²) in [5.74, 6) is 2.77. The van der Waals surface area contributed by atoms with E-state index in [4.69, 9.17) is 10.7 Å². The topological polar surface area (TPSA) is 75.3 Å². The number of rotatable bonds is 6. The number of aromatic nitrogens is 2. The first kappa shape index (κ1) is 18.1. The van der Waals surface area contributed by atoms with E-state index < -0.39 is 0 Å². The normalized spacial score (nSPS) is 17.4. The summed E-state index contributed by atoms with van der Waals surface area (Å²) in [5.41, 5.74) is 6.69. The third-order valence-electron chi connectivity index (χ3n) is 5.09. The number of nitrogens with two attached hydrogens (primary N) is 1. The number of nitrogens with zero attached hydrogens (tertiary/aromatic N) is 3. The Bertz CT molecular complexity index is 695. The van der Waals surface area contributed by atoms with E-state index in [1.54, 1.807) is 0 Å². The van der Waals surface area contributed by atoms with Crippen LogP contribution in [0.1, 0.15) is 38.9 Å². The number of hydrogen-bond acceptors (Lipinski definition) is 5. The number of hydrogen-bond donors (Lipinski definition) is 2. The van der Waals surface area contributed by atoms with Gasteiger partial charge in [-0.05, 0) is 49.8 Å². The van der Waals surface area contributed by atoms with Gasteiger partial charge < -0.3 is 15.7 Å². The molecule has 25 heavy (non-hydrogen) atoms. The molecule has 136 valence electrons. The lowest BCUT2D eigenvalue weighted by Gasteiger charge is -2.36. The molecule has 1 aromatic carbocycles. The van der Waals surface area contributed by atoms with Crippen molar-refractivity contribution in [3.8, 4) is 0 Å². The Morgan fingerprint density at radius 2 is 1.92 bits per heavy atom. The highest BCUT2D eigenvalue weighted by Crippen LogP contribution is 2.30. The molecule has 3 rings (SSSR count). The largest absolute Gasteiger partial charge is 0.393 e. The van der Waals surface area contributed by atoms with Gasteiger partial charge in [0.15, 0.2) is 0 Å². The highest BCUT2D eigenvalue weighted by Gasteiger charge is 2.27. The van der Waals surface area contributed by atoms with Gasteiger partial charge in [-0.2, -0.15) is 0 Å². The third-order valence-corrected chi connectivity index (χ3v) is 5.09. The van der Waals surface area contributed by atoms with Gasteiger partial charge in [-0.3, -0.25) is 0 Å². The molecule has 0 saturated carbocycles. The monoisotopic (exact) mass is 342 g/mol. The third kappa shape index (κ3) is 4.28. The first-order chi connectivity index (χ1) is 12.1. The predicted molar refractivity (Wildman–Crippen MR) is 103 cm³/mol. The molecule has 0 aliphatic carbocycles. The zero-order chi connectivity index (χ0) is 17.8. The van der Waals surface area contributed by atoms with E-state index in [2.05, 4.69) is 29.8 Å². The van der Waals surface area contributed by atoms with Crippen LogP contribution < -0.4 is 10.6 Å². The van der Waals surface area contributed by atoms with Crippen molar-refractivity contribution in [2.75, 3.05) is 24.5 Å². The smallest absolute Gasteiger partial charge is 0.140 e. The summed E-state index contributed by atoms with van der Waals surface area (Å²) < 4.78 is 0. The molecule has 1 saturated heterocycles. The molecule has 1 atom stereocenters. The molecule has 0 spiro atoms. The Balaban J connectivity index is 1.78. The van der Waals surface area contributed by atoms with Crippen LogP contribution in [-0.2, 0) is 6.42 Å². The first-order valence-electron chi connectivity index (χ1n) is 9.47. The van der Waals surface area contributed by atoms with Crippen LogP contribution in [0.25, 0.3) is 10.9 Å². The van der Waals surface area contributed by atoms with Gasteiger partial charge in [-0.25, -0.2) is 9.97 Å². The molecule has 0 radical (unpaired) electrons. The Hall–Kier alpha value is -1.72. The molecule has 0 unspecified atom stereocenters. The van der Waals surface area contributed by atoms with Crippen LogP contribution in [0.4, 0.5) is 5.82 Å². The zero-order valence-electron chi connectivity index (χ0n) is 15.4. The fourth-order valence-corrected chi connectivity index (χ4v) is 3.76. The minimum atomic E-state index is -0.183. The Kier molecular flexibility index (Phi) is 5.86. The zero-order valence-corrected chi connectivity index (χ0v) is 15.4. The minimum Gasteiger partial charge on any atom is -0.393 e. The molecule has 1 aliphatic heterocycles. The second-order valence-corrected chi connectivity index (χ2v) is 7.54. The van der Waals surface area contributed by atoms with Crippen LogP contribution in [-0.4, -0.2) is 40.8 Å². The van der Waals surface area contributed by atoms with Crippen molar-refractivity contribution in [3.63, 3.8) is 0 Å². The van der Waals surface area contributed by atoms with E-state index in [9.17, 15) is 5.11 Å². The van der Waals surface area contributed by atoms with Crippen molar-refractivity contribution in [1.82, 2.24) is 9.97 Å². The summed E-state index contributed by atoms with van der Waals surface area (Å²) in [6.07, 6.45) is 3.43. The molecule has 1 fully saturated rings. The molecule has 1 aliphatic rings. The Morgan fingerprint density at radius 3 is 2.60 bits per heavy atom. The molecule has 0 amide bonds. The van der Waals surface area contributed by atoms with Gasteiger partial charge in [-0.1, -0.05) is 26.0 Å². The number of aliphatic hydroxyl groups excluding tert-OH is 1. The number of para-hydroxylation sites is 1. The van der Waals surface area contributed by atoms with Crippen molar-refractivity contribution in [1.29, 1.82) is 0 Å². The average Bonchev–Trinajstić information content (AvgIpc) is 2.61. The lowest BCUT2D eigenvalue weighted by atomic mass is 9.87. The fraction of sp³-hybridized carbons (Fsp3) is 0.600. The highest BCUT2D eigenvalue weighted by atomic mass is 16.3. The van der Waals surface area contributed by atoms with Crippen molar-refractivity contribution >= 4 is 16.7 Å². The van der Waals surface area contributed by atoms with Crippen LogP contribution >= 0.6 is 0 Å². The Morgan fingerprint density at radius 1 is 1.20 bits per heavy atom. The standard InChI is InChI=1S/C20H30N4O/c1-14(2)13-18(25)15-8-11-24(12-9-15)20-16-5-3-4-6-17(16)22-19(23-20)7-10-21/h3-6,14-15,18,25H,7-13,21H2,1-2H3/t18-/m1/s1. The van der Waals surface area contributed by atoms with Crippen molar-refractivity contribution in [2.45, 2.75) is 45.6 Å². The number of aliphatic hydroxyl groups is 1. The van der Waals surface area contributed by atoms with Crippen molar-refractivity contribution in [2.24, 2.45) is 17.6 Å². The van der Waals surface area contributed by atoms with Gasteiger partial charge >= 0.3 is 0 Å². The molecular weight excluding hydrogens is 312 g/mol. The van der Waals surface area contributed by atoms with Gasteiger partial charge in [0.05, 0.1) is 11.6 Å². The maximum absolute atomic E-state index is 10.4. The summed E-state index contributed by atoms with van der Waals surface area (Å²) in [4.78, 5) is 11.8. The van der Waals surface area contributed by atoms with Gasteiger partial charge in [0.2, 0.25) is 0 Å². The summed E-state index contributed by atoms with van der Waals surface area (Å²) in [6, 6.07) is 8.19. The number of anilines is 1. The van der Waals surface area contributed by atoms with Crippen LogP contribution in [0, 0.1) is 11.8 Å². The van der Waals surface area contributed by atoms with Gasteiger partial charge in [0, 0.05) is 24.9 Å². The highest BCUT2D eigenvalue weighted by molar-refractivity contribution is 5.89. The van der Waals surface area contributed by atoms with Gasteiger partial charge in [-0.15, -0.1) is 0 Å². The lowest BCUT2D eigenvalue weighted by molar-refractivity contribution is 0.0734. The fourth-order valence-electron chi connectivity index (χ4n) is 3.76. The summed E-state index contributed by atoms with van der Waals surface area (Å²) in [7, 11) is 0. The van der Waals surface area contributed by atoms with E-state index in [0.29, 0.717) is 24.8 Å². The number of piperidine rings is 1. The van der Waals surface area contributed by atoms with Crippen LogP contribution in [0.5, 0.6) is 0 Å². The Labute approximate surface area is 150 Å². The first-order valence-corrected chi connectivity index (χ1v) is 9.47. The van der Waals surface area contributed by atoms with E-state index in [1.807, 2.05) is 18.2 Å². The molecule has 0 bridgehead atoms. The molecule has 5 nitrogen and oxygen atoms in total. The lowest BCUT2D eigenvalue weighted by Crippen LogP contribution is -2.38. The van der Waals surface area contributed by atoms with E-state index >= 15 is 0 Å². The summed E-state index contributed by atoms with van der Waals surface area (Å²) >= 11 is 0. The SMILES string of the molecule is CC(C)C[C@@H](O)C1CCN(c2nc(CCN)nc3ccccc23)CC1. The van der Waals surface area contributed by atoms with E-state index in [0.717, 1.165) is 54.9 Å². The predicted octanol–water partition coefficient (Wildman–Crippen LogP) is 2.75. The molecule has 5 heteroatoms. The van der Waals surface area contributed by atoms with Crippen molar-refractivity contribution < 1.29 is 5.11 Å². The number of fused-ring (bicyclic) bond motifs is 1. The van der Waals surface area contributed by atoms with E-state index in [1.165, 1.54) is 0 Å². The molecule has 2 heterocycles. The molecular formula is C20H30N4O. The molecule has 2 aromatic rings.